The molecule has 2 fully saturated rings. The average molecular weight is 535 g/mol. The van der Waals surface area contributed by atoms with Crippen molar-refractivity contribution >= 4 is 16.7 Å². The van der Waals surface area contributed by atoms with E-state index in [1.807, 2.05) is 0 Å². The van der Waals surface area contributed by atoms with Crippen LogP contribution in [0.15, 0.2) is 85.8 Å². The summed E-state index contributed by atoms with van der Waals surface area (Å²) in [5, 5.41) is 4.37. The number of pyridine rings is 1. The molecule has 2 saturated heterocycles. The van der Waals surface area contributed by atoms with Gasteiger partial charge < -0.3 is 14.8 Å². The number of anilines is 1. The molecule has 6 heteroatoms. The lowest BCUT2D eigenvalue weighted by atomic mass is 9.90. The third-order valence-corrected chi connectivity index (χ3v) is 8.66. The number of piperazine rings is 1. The van der Waals surface area contributed by atoms with E-state index in [0.29, 0.717) is 5.92 Å². The summed E-state index contributed by atoms with van der Waals surface area (Å²) in [7, 11) is 2.22. The van der Waals surface area contributed by atoms with Gasteiger partial charge in [0.25, 0.3) is 0 Å². The minimum absolute atomic E-state index is 0.588. The molecule has 0 unspecified atom stereocenters. The van der Waals surface area contributed by atoms with Crippen LogP contribution >= 0.6 is 0 Å². The minimum atomic E-state index is 0.588. The van der Waals surface area contributed by atoms with Crippen LogP contribution in [0.3, 0.4) is 0 Å². The summed E-state index contributed by atoms with van der Waals surface area (Å²) in [6, 6.07) is 22.3. The van der Waals surface area contributed by atoms with E-state index in [2.05, 4.69) is 111 Å². The molecule has 0 amide bonds. The van der Waals surface area contributed by atoms with E-state index in [1.54, 1.807) is 6.20 Å². The highest BCUT2D eigenvalue weighted by Gasteiger charge is 2.22. The SMILES string of the molecule is C=CNc1ccc(Cn2ccc3cc(C4CCN(Cc5cccc(CN6CCN(C)CC6)c5)CC4)cnc32)cc1. The van der Waals surface area contributed by atoms with E-state index >= 15 is 0 Å². The van der Waals surface area contributed by atoms with Crippen molar-refractivity contribution in [3.05, 3.63) is 108 Å². The normalized spacial score (nSPS) is 17.8. The van der Waals surface area contributed by atoms with Crippen LogP contribution in [0.25, 0.3) is 11.0 Å². The predicted octanol–water partition coefficient (Wildman–Crippen LogP) is 5.77. The molecule has 40 heavy (non-hydrogen) atoms. The summed E-state index contributed by atoms with van der Waals surface area (Å²) < 4.78 is 2.25. The number of likely N-dealkylation sites (N-methyl/N-ethyl adjacent to an activating group) is 1. The number of hydrogen-bond acceptors (Lipinski definition) is 5. The zero-order valence-corrected chi connectivity index (χ0v) is 23.8. The molecule has 2 aromatic carbocycles. The van der Waals surface area contributed by atoms with Crippen molar-refractivity contribution in [3.63, 3.8) is 0 Å². The van der Waals surface area contributed by atoms with Gasteiger partial charge in [0.15, 0.2) is 0 Å². The smallest absolute Gasteiger partial charge is 0.140 e. The summed E-state index contributed by atoms with van der Waals surface area (Å²) in [4.78, 5) is 12.6. The number of rotatable bonds is 9. The molecule has 0 spiro atoms. The van der Waals surface area contributed by atoms with Gasteiger partial charge in [-0.1, -0.05) is 43.0 Å². The van der Waals surface area contributed by atoms with Crippen molar-refractivity contribution in [2.45, 2.75) is 38.4 Å². The largest absolute Gasteiger partial charge is 0.362 e. The number of hydrogen-bond donors (Lipinski definition) is 1. The molecule has 4 aromatic rings. The van der Waals surface area contributed by atoms with Gasteiger partial charge in [-0.05, 0) is 91.6 Å². The molecule has 0 bridgehead atoms. The van der Waals surface area contributed by atoms with Crippen LogP contribution in [0.5, 0.6) is 0 Å². The lowest BCUT2D eigenvalue weighted by Gasteiger charge is -2.33. The number of nitrogens with one attached hydrogen (secondary N) is 1. The van der Waals surface area contributed by atoms with Gasteiger partial charge in [0.1, 0.15) is 5.65 Å². The Bertz CT molecular complexity index is 1410. The van der Waals surface area contributed by atoms with E-state index < -0.39 is 0 Å². The molecule has 4 heterocycles. The number of nitrogens with zero attached hydrogens (tertiary/aromatic N) is 5. The number of likely N-dealkylation sites (tertiary alicyclic amines) is 1. The van der Waals surface area contributed by atoms with Gasteiger partial charge >= 0.3 is 0 Å². The van der Waals surface area contributed by atoms with E-state index in [9.17, 15) is 0 Å². The molecule has 0 atom stereocenters. The highest BCUT2D eigenvalue weighted by molar-refractivity contribution is 5.77. The minimum Gasteiger partial charge on any atom is -0.362 e. The fraction of sp³-hybridized carbons (Fsp3) is 0.382. The lowest BCUT2D eigenvalue weighted by molar-refractivity contribution is 0.148. The van der Waals surface area contributed by atoms with Gasteiger partial charge in [0.2, 0.25) is 0 Å². The molecule has 0 aliphatic carbocycles. The Morgan fingerprint density at radius 1 is 0.825 bits per heavy atom. The Morgan fingerprint density at radius 2 is 1.52 bits per heavy atom. The maximum atomic E-state index is 4.93. The van der Waals surface area contributed by atoms with Crippen molar-refractivity contribution in [1.82, 2.24) is 24.3 Å². The lowest BCUT2D eigenvalue weighted by Crippen LogP contribution is -2.43. The highest BCUT2D eigenvalue weighted by atomic mass is 15.2. The van der Waals surface area contributed by atoms with Crippen LogP contribution in [0.1, 0.15) is 41.0 Å². The summed E-state index contributed by atoms with van der Waals surface area (Å²) in [6.07, 6.45) is 8.38. The summed E-state index contributed by atoms with van der Waals surface area (Å²) in [5.41, 5.74) is 7.66. The first-order valence-corrected chi connectivity index (χ1v) is 14.8. The van der Waals surface area contributed by atoms with E-state index in [-0.39, 0.29) is 0 Å². The molecule has 0 saturated carbocycles. The average Bonchev–Trinajstić information content (AvgIpc) is 3.38. The molecule has 0 radical (unpaired) electrons. The van der Waals surface area contributed by atoms with Crippen molar-refractivity contribution in [1.29, 1.82) is 0 Å². The van der Waals surface area contributed by atoms with Crippen LogP contribution in [0.4, 0.5) is 5.69 Å². The zero-order chi connectivity index (χ0) is 27.3. The second kappa shape index (κ2) is 12.4. The molecule has 6 rings (SSSR count). The van der Waals surface area contributed by atoms with E-state index in [1.165, 1.54) is 66.7 Å². The first-order chi connectivity index (χ1) is 19.6. The second-order valence-electron chi connectivity index (χ2n) is 11.6. The van der Waals surface area contributed by atoms with Gasteiger partial charge in [-0.15, -0.1) is 0 Å². The first kappa shape index (κ1) is 26.8. The van der Waals surface area contributed by atoms with Crippen LogP contribution in [-0.2, 0) is 19.6 Å². The second-order valence-corrected chi connectivity index (χ2v) is 11.6. The molecular weight excluding hydrogens is 492 g/mol. The van der Waals surface area contributed by atoms with Crippen molar-refractivity contribution in [2.75, 3.05) is 51.6 Å². The molecular formula is C34H42N6. The van der Waals surface area contributed by atoms with Crippen LogP contribution in [0, 0.1) is 0 Å². The molecule has 2 aliphatic rings. The maximum absolute atomic E-state index is 4.93. The van der Waals surface area contributed by atoms with E-state index in [4.69, 9.17) is 4.98 Å². The first-order valence-electron chi connectivity index (χ1n) is 14.8. The van der Waals surface area contributed by atoms with Gasteiger partial charge in [-0.25, -0.2) is 4.98 Å². The van der Waals surface area contributed by atoms with Crippen LogP contribution < -0.4 is 5.32 Å². The zero-order valence-electron chi connectivity index (χ0n) is 23.8. The topological polar surface area (TPSA) is 39.6 Å². The van der Waals surface area contributed by atoms with Gasteiger partial charge in [0, 0.05) is 69.3 Å². The Balaban J connectivity index is 1.03. The number of piperidine rings is 1. The summed E-state index contributed by atoms with van der Waals surface area (Å²) in [6.45, 7) is 13.6. The van der Waals surface area contributed by atoms with Crippen LogP contribution in [0.2, 0.25) is 0 Å². The molecule has 2 aliphatic heterocycles. The third kappa shape index (κ3) is 6.47. The fourth-order valence-corrected chi connectivity index (χ4v) is 6.24. The molecule has 6 nitrogen and oxygen atoms in total. The quantitative estimate of drug-likeness (QED) is 0.295. The molecule has 2 aromatic heterocycles. The number of benzene rings is 2. The summed E-state index contributed by atoms with van der Waals surface area (Å²) >= 11 is 0. The maximum Gasteiger partial charge on any atom is 0.140 e. The molecule has 208 valence electrons. The number of fused-ring (bicyclic) bond motifs is 1. The van der Waals surface area contributed by atoms with E-state index in [0.717, 1.165) is 44.1 Å². The Morgan fingerprint density at radius 3 is 2.23 bits per heavy atom. The third-order valence-electron chi connectivity index (χ3n) is 8.66. The predicted molar refractivity (Wildman–Crippen MR) is 166 cm³/mol. The molecule has 1 N–H and O–H groups in total. The fourth-order valence-electron chi connectivity index (χ4n) is 6.24. The Hall–Kier alpha value is -3.45. The van der Waals surface area contributed by atoms with Crippen molar-refractivity contribution in [2.24, 2.45) is 0 Å². The monoisotopic (exact) mass is 534 g/mol. The highest BCUT2D eigenvalue weighted by Crippen LogP contribution is 2.30. The van der Waals surface area contributed by atoms with Gasteiger partial charge in [-0.3, -0.25) is 9.80 Å². The summed E-state index contributed by atoms with van der Waals surface area (Å²) in [5.74, 6) is 0.588. The van der Waals surface area contributed by atoms with Crippen molar-refractivity contribution in [3.8, 4) is 0 Å². The van der Waals surface area contributed by atoms with Crippen molar-refractivity contribution < 1.29 is 0 Å². The number of aromatic nitrogens is 2. The van der Waals surface area contributed by atoms with Gasteiger partial charge in [0.05, 0.1) is 0 Å². The van der Waals surface area contributed by atoms with Gasteiger partial charge in [-0.2, -0.15) is 0 Å². The Labute approximate surface area is 238 Å². The Kier molecular flexibility index (Phi) is 8.28. The standard InChI is InChI=1S/C34H42N6/c1-3-35-33-9-7-27(8-10-33)26-40-16-13-31-22-32(23-36-34(31)40)30-11-14-38(15-12-30)24-28-5-4-6-29(21-28)25-39-19-17-37(2)18-20-39/h3-10,13,16,21-23,30,35H,1,11-12,14-15,17-20,24-26H2,2H3. The van der Waals surface area contributed by atoms with Crippen LogP contribution in [-0.4, -0.2) is 70.6 Å².